The third-order valence-electron chi connectivity index (χ3n) is 1.90. The molecule has 0 spiro atoms. The molecule has 8 N–H and O–H groups in total. The minimum absolute atomic E-state index is 0.341. The molecule has 0 heterocycles. The molecule has 0 aromatic heterocycles. The largest absolute Gasteiger partial charge is 0.400 e. The lowest BCUT2D eigenvalue weighted by atomic mass is 10.2. The van der Waals surface area contributed by atoms with E-state index >= 15 is 0 Å². The average Bonchev–Trinajstić information content (AvgIpc) is 2.17. The Balaban J connectivity index is 4.35. The average molecular weight is 187 g/mol. The van der Waals surface area contributed by atoms with Crippen LogP contribution >= 0.6 is 0 Å². The van der Waals surface area contributed by atoms with Gasteiger partial charge in [-0.3, -0.25) is 0 Å². The van der Waals surface area contributed by atoms with Gasteiger partial charge in [0, 0.05) is 24.5 Å². The number of hydrazine groups is 1. The van der Waals surface area contributed by atoms with Gasteiger partial charge < -0.3 is 22.2 Å². The molecule has 0 aromatic carbocycles. The summed E-state index contributed by atoms with van der Waals surface area (Å²) in [4.78, 5) is 0. The van der Waals surface area contributed by atoms with Crippen LogP contribution in [-0.2, 0) is 0 Å². The first-order valence-corrected chi connectivity index (χ1v) is 4.57. The molecule has 0 radical (unpaired) electrons. The predicted molar refractivity (Wildman–Crippen MR) is 55.1 cm³/mol. The Hall–Kier alpha value is -0.780. The van der Waals surface area contributed by atoms with Gasteiger partial charge in [0.05, 0.1) is 0 Å². The molecule has 78 valence electrons. The zero-order valence-corrected chi connectivity index (χ0v) is 8.29. The minimum Gasteiger partial charge on any atom is -0.400 e. The molecule has 0 saturated carbocycles. The van der Waals surface area contributed by atoms with Crippen LogP contribution in [-0.4, -0.2) is 24.6 Å². The van der Waals surface area contributed by atoms with Crippen molar-refractivity contribution in [1.29, 1.82) is 0 Å². The summed E-state index contributed by atoms with van der Waals surface area (Å²) in [7, 11) is 0. The molecule has 0 fully saturated rings. The van der Waals surface area contributed by atoms with Gasteiger partial charge in [-0.1, -0.05) is 0 Å². The van der Waals surface area contributed by atoms with Gasteiger partial charge in [-0.15, -0.1) is 0 Å². The molecular formula is C8H21N5. The molecule has 5 nitrogen and oxygen atoms in total. The van der Waals surface area contributed by atoms with Gasteiger partial charge in [-0.25, -0.2) is 5.84 Å². The van der Waals surface area contributed by atoms with Gasteiger partial charge in [0.1, 0.15) is 0 Å². The molecule has 0 bridgehead atoms. The molecule has 0 aromatic rings. The maximum atomic E-state index is 5.73. The highest BCUT2D eigenvalue weighted by Gasteiger charge is 2.06. The SMILES string of the molecule is CCN(N)/C(CCCN)=C(\N)CN. The standard InChI is InChI=1S/C8H21N5/c1-2-13(12)8(4-3-5-9)7(11)6-10/h2-6,9-12H2,1H3/b8-7-. The number of rotatable bonds is 6. The van der Waals surface area contributed by atoms with Crippen LogP contribution in [0.3, 0.4) is 0 Å². The topological polar surface area (TPSA) is 107 Å². The van der Waals surface area contributed by atoms with Crippen molar-refractivity contribution in [3.05, 3.63) is 11.4 Å². The van der Waals surface area contributed by atoms with Crippen molar-refractivity contribution >= 4 is 0 Å². The van der Waals surface area contributed by atoms with E-state index in [1.165, 1.54) is 0 Å². The third kappa shape index (κ3) is 4.12. The maximum absolute atomic E-state index is 5.73. The zero-order valence-electron chi connectivity index (χ0n) is 8.29. The Bertz CT molecular complexity index is 166. The first-order valence-electron chi connectivity index (χ1n) is 4.57. The van der Waals surface area contributed by atoms with E-state index < -0.39 is 0 Å². The second-order valence-electron chi connectivity index (χ2n) is 2.85. The van der Waals surface area contributed by atoms with E-state index in [2.05, 4.69) is 0 Å². The highest BCUT2D eigenvalue weighted by molar-refractivity contribution is 5.10. The van der Waals surface area contributed by atoms with Crippen molar-refractivity contribution in [3.63, 3.8) is 0 Å². The Morgan fingerprint density at radius 3 is 2.31 bits per heavy atom. The Labute approximate surface area is 79.7 Å². The summed E-state index contributed by atoms with van der Waals surface area (Å²) in [5, 5.41) is 1.62. The second kappa shape index (κ2) is 6.71. The summed E-state index contributed by atoms with van der Waals surface area (Å²) in [6.45, 7) is 3.67. The highest BCUT2D eigenvalue weighted by atomic mass is 15.4. The molecule has 13 heavy (non-hydrogen) atoms. The summed E-state index contributed by atoms with van der Waals surface area (Å²) in [5.74, 6) is 5.73. The van der Waals surface area contributed by atoms with Crippen LogP contribution in [0.25, 0.3) is 0 Å². The van der Waals surface area contributed by atoms with Crippen LogP contribution in [0.15, 0.2) is 11.4 Å². The van der Waals surface area contributed by atoms with Crippen molar-refractivity contribution in [1.82, 2.24) is 5.01 Å². The van der Waals surface area contributed by atoms with Crippen LogP contribution in [0.2, 0.25) is 0 Å². The molecule has 0 aliphatic carbocycles. The monoisotopic (exact) mass is 187 g/mol. The number of allylic oxidation sites excluding steroid dienone is 1. The van der Waals surface area contributed by atoms with Gasteiger partial charge in [0.25, 0.3) is 0 Å². The first-order chi connectivity index (χ1) is 6.17. The summed E-state index contributed by atoms with van der Waals surface area (Å²) in [6.07, 6.45) is 1.67. The van der Waals surface area contributed by atoms with E-state index in [1.807, 2.05) is 6.92 Å². The molecule has 0 aliphatic rings. The molecule has 0 amide bonds. The Kier molecular flexibility index (Phi) is 6.30. The van der Waals surface area contributed by atoms with Gasteiger partial charge >= 0.3 is 0 Å². The molecule has 0 atom stereocenters. The zero-order chi connectivity index (χ0) is 10.3. The van der Waals surface area contributed by atoms with Gasteiger partial charge in [-0.05, 0) is 26.3 Å². The van der Waals surface area contributed by atoms with Gasteiger partial charge in [0.2, 0.25) is 0 Å². The predicted octanol–water partition coefficient (Wildman–Crippen LogP) is -0.950. The normalized spacial score (nSPS) is 12.6. The molecule has 0 aliphatic heterocycles. The summed E-state index contributed by atoms with van der Waals surface area (Å²) >= 11 is 0. The molecule has 0 saturated heterocycles. The highest BCUT2D eigenvalue weighted by Crippen LogP contribution is 2.09. The third-order valence-corrected chi connectivity index (χ3v) is 1.90. The first kappa shape index (κ1) is 12.2. The fraction of sp³-hybridized carbons (Fsp3) is 0.750. The smallest absolute Gasteiger partial charge is 0.0491 e. The fourth-order valence-corrected chi connectivity index (χ4v) is 1.07. The van der Waals surface area contributed by atoms with E-state index in [0.29, 0.717) is 18.8 Å². The van der Waals surface area contributed by atoms with Gasteiger partial charge in [0.15, 0.2) is 0 Å². The van der Waals surface area contributed by atoms with Crippen molar-refractivity contribution in [2.45, 2.75) is 19.8 Å². The molecule has 0 unspecified atom stereocenters. The maximum Gasteiger partial charge on any atom is 0.0491 e. The van der Waals surface area contributed by atoms with Gasteiger partial charge in [-0.2, -0.15) is 0 Å². The molecule has 5 heteroatoms. The molecule has 0 rings (SSSR count). The van der Waals surface area contributed by atoms with E-state index in [-0.39, 0.29) is 0 Å². The van der Waals surface area contributed by atoms with Crippen LogP contribution in [0.4, 0.5) is 0 Å². The lowest BCUT2D eigenvalue weighted by Gasteiger charge is -2.22. The second-order valence-corrected chi connectivity index (χ2v) is 2.85. The van der Waals surface area contributed by atoms with E-state index in [1.54, 1.807) is 5.01 Å². The van der Waals surface area contributed by atoms with Crippen molar-refractivity contribution in [3.8, 4) is 0 Å². The number of hydrogen-bond acceptors (Lipinski definition) is 5. The Morgan fingerprint density at radius 2 is 1.92 bits per heavy atom. The van der Waals surface area contributed by atoms with E-state index in [4.69, 9.17) is 23.0 Å². The summed E-state index contributed by atoms with van der Waals surface area (Å²) in [5.41, 5.74) is 18.1. The van der Waals surface area contributed by atoms with Crippen molar-refractivity contribution < 1.29 is 0 Å². The van der Waals surface area contributed by atoms with Crippen LogP contribution in [0.1, 0.15) is 19.8 Å². The van der Waals surface area contributed by atoms with Crippen LogP contribution in [0.5, 0.6) is 0 Å². The summed E-state index contributed by atoms with van der Waals surface area (Å²) in [6, 6.07) is 0. The van der Waals surface area contributed by atoms with Crippen LogP contribution < -0.4 is 23.0 Å². The van der Waals surface area contributed by atoms with Crippen molar-refractivity contribution in [2.24, 2.45) is 23.0 Å². The van der Waals surface area contributed by atoms with Crippen LogP contribution in [0, 0.1) is 0 Å². The Morgan fingerprint density at radius 1 is 1.31 bits per heavy atom. The fourth-order valence-electron chi connectivity index (χ4n) is 1.07. The lowest BCUT2D eigenvalue weighted by molar-refractivity contribution is 0.356. The van der Waals surface area contributed by atoms with Crippen molar-refractivity contribution in [2.75, 3.05) is 19.6 Å². The minimum atomic E-state index is 0.341. The number of hydrogen-bond donors (Lipinski definition) is 4. The quantitative estimate of drug-likeness (QED) is 0.317. The molecular weight excluding hydrogens is 166 g/mol. The van der Waals surface area contributed by atoms with E-state index in [9.17, 15) is 0 Å². The number of nitrogens with two attached hydrogens (primary N) is 4. The summed E-state index contributed by atoms with van der Waals surface area (Å²) < 4.78 is 0. The van der Waals surface area contributed by atoms with E-state index in [0.717, 1.165) is 25.1 Å². The lowest BCUT2D eigenvalue weighted by Crippen LogP contribution is -2.34. The number of nitrogens with zero attached hydrogens (tertiary/aromatic N) is 1.